The van der Waals surface area contributed by atoms with Gasteiger partial charge in [0, 0.05) is 10.6 Å². The molecule has 1 aliphatic heterocycles. The van der Waals surface area contributed by atoms with Crippen molar-refractivity contribution in [1.29, 1.82) is 0 Å². The van der Waals surface area contributed by atoms with Gasteiger partial charge in [-0.15, -0.1) is 22.0 Å². The molecule has 1 atom stereocenters. The van der Waals surface area contributed by atoms with Crippen LogP contribution in [-0.4, -0.2) is 27.2 Å². The highest BCUT2D eigenvalue weighted by atomic mass is 35.5. The van der Waals surface area contributed by atoms with E-state index in [0.29, 0.717) is 10.9 Å². The molecular formula is C14H13ClN2O3S. The normalized spacial score (nSPS) is 17.9. The molecule has 2 aromatic rings. The third kappa shape index (κ3) is 3.57. The molecule has 1 aromatic heterocycles. The van der Waals surface area contributed by atoms with Gasteiger partial charge in [-0.2, -0.15) is 0 Å². The second kappa shape index (κ2) is 6.49. The maximum atomic E-state index is 11.8. The van der Waals surface area contributed by atoms with Gasteiger partial charge >= 0.3 is 5.97 Å². The molecule has 2 heterocycles. The van der Waals surface area contributed by atoms with Crippen LogP contribution in [0.4, 0.5) is 0 Å². The summed E-state index contributed by atoms with van der Waals surface area (Å²) in [4.78, 5) is 11.8. The highest BCUT2D eigenvalue weighted by Gasteiger charge is 2.25. The van der Waals surface area contributed by atoms with E-state index in [1.807, 2.05) is 0 Å². The smallest absolute Gasteiger partial charge is 0.319 e. The Kier molecular flexibility index (Phi) is 4.45. The van der Waals surface area contributed by atoms with Gasteiger partial charge in [0.2, 0.25) is 5.89 Å². The second-order valence-corrected chi connectivity index (χ2v) is 6.36. The zero-order chi connectivity index (χ0) is 14.7. The lowest BCUT2D eigenvalue weighted by Crippen LogP contribution is -2.17. The van der Waals surface area contributed by atoms with Crippen LogP contribution in [0.2, 0.25) is 5.02 Å². The van der Waals surface area contributed by atoms with Gasteiger partial charge < -0.3 is 9.15 Å². The fourth-order valence-corrected chi connectivity index (χ4v) is 3.29. The van der Waals surface area contributed by atoms with Crippen LogP contribution in [0.5, 0.6) is 0 Å². The molecule has 0 saturated carbocycles. The minimum atomic E-state index is -0.205. The monoisotopic (exact) mass is 324 g/mol. The van der Waals surface area contributed by atoms with Crippen LogP contribution in [0.3, 0.4) is 0 Å². The predicted molar refractivity (Wildman–Crippen MR) is 80.0 cm³/mol. The number of carbonyl (C=O) groups is 1. The Hall–Kier alpha value is -1.53. The summed E-state index contributed by atoms with van der Waals surface area (Å²) in [6.45, 7) is 0.0104. The van der Waals surface area contributed by atoms with Crippen LogP contribution < -0.4 is 0 Å². The minimum Gasteiger partial charge on any atom is -0.455 e. The number of nitrogens with zero attached hydrogens (tertiary/aromatic N) is 2. The number of ether oxygens (including phenoxy) is 1. The van der Waals surface area contributed by atoms with Gasteiger partial charge in [0.1, 0.15) is 5.25 Å². The molecule has 110 valence electrons. The first-order valence-electron chi connectivity index (χ1n) is 6.59. The SMILES string of the molecule is O=C(OCc1nnc(-c2ccc(Cl)cc2)o1)[C@H]1CCCS1. The van der Waals surface area contributed by atoms with E-state index in [2.05, 4.69) is 10.2 Å². The summed E-state index contributed by atoms with van der Waals surface area (Å²) in [5.74, 6) is 1.48. The highest BCUT2D eigenvalue weighted by Crippen LogP contribution is 2.27. The Bertz CT molecular complexity index is 623. The Morgan fingerprint density at radius 2 is 2.19 bits per heavy atom. The van der Waals surface area contributed by atoms with Crippen molar-refractivity contribution in [3.63, 3.8) is 0 Å². The molecule has 0 amide bonds. The first-order valence-corrected chi connectivity index (χ1v) is 8.01. The summed E-state index contributed by atoms with van der Waals surface area (Å²) in [6, 6.07) is 7.08. The van der Waals surface area contributed by atoms with E-state index in [4.69, 9.17) is 20.8 Å². The molecule has 1 aromatic carbocycles. The number of carbonyl (C=O) groups excluding carboxylic acids is 1. The van der Waals surface area contributed by atoms with E-state index in [-0.39, 0.29) is 23.7 Å². The maximum Gasteiger partial charge on any atom is 0.319 e. The van der Waals surface area contributed by atoms with E-state index in [9.17, 15) is 4.79 Å². The minimum absolute atomic E-state index is 0.0104. The zero-order valence-electron chi connectivity index (χ0n) is 11.1. The number of benzene rings is 1. The van der Waals surface area contributed by atoms with Crippen LogP contribution in [0.25, 0.3) is 11.5 Å². The van der Waals surface area contributed by atoms with E-state index >= 15 is 0 Å². The number of hydrogen-bond acceptors (Lipinski definition) is 6. The van der Waals surface area contributed by atoms with Crippen molar-refractivity contribution in [3.8, 4) is 11.5 Å². The highest BCUT2D eigenvalue weighted by molar-refractivity contribution is 8.00. The number of aromatic nitrogens is 2. The first-order chi connectivity index (χ1) is 10.2. The molecule has 0 aliphatic carbocycles. The molecular weight excluding hydrogens is 312 g/mol. The molecule has 3 rings (SSSR count). The summed E-state index contributed by atoms with van der Waals surface area (Å²) < 4.78 is 10.7. The molecule has 0 spiro atoms. The Morgan fingerprint density at radius 3 is 2.90 bits per heavy atom. The average Bonchev–Trinajstić information content (AvgIpc) is 3.17. The number of hydrogen-bond donors (Lipinski definition) is 0. The van der Waals surface area contributed by atoms with Gasteiger partial charge in [0.25, 0.3) is 5.89 Å². The van der Waals surface area contributed by atoms with Gasteiger partial charge in [-0.05, 0) is 42.9 Å². The standard InChI is InChI=1S/C14H13ClN2O3S/c15-10-5-3-9(4-6-10)13-17-16-12(20-13)8-19-14(18)11-2-1-7-21-11/h3-6,11H,1-2,7-8H2/t11-/m1/s1. The molecule has 0 unspecified atom stereocenters. The number of halogens is 1. The van der Waals surface area contributed by atoms with Crippen molar-refractivity contribution in [2.45, 2.75) is 24.7 Å². The lowest BCUT2D eigenvalue weighted by molar-refractivity contribution is -0.144. The van der Waals surface area contributed by atoms with Crippen molar-refractivity contribution in [3.05, 3.63) is 35.2 Å². The van der Waals surface area contributed by atoms with Gasteiger partial charge in [-0.1, -0.05) is 11.6 Å². The predicted octanol–water partition coefficient (Wildman–Crippen LogP) is 3.33. The summed E-state index contributed by atoms with van der Waals surface area (Å²) in [5.41, 5.74) is 0.774. The number of thioether (sulfide) groups is 1. The molecule has 7 heteroatoms. The van der Waals surface area contributed by atoms with E-state index in [1.54, 1.807) is 36.0 Å². The molecule has 1 fully saturated rings. The van der Waals surface area contributed by atoms with Crippen LogP contribution in [0.1, 0.15) is 18.7 Å². The first kappa shape index (κ1) is 14.4. The van der Waals surface area contributed by atoms with Crippen molar-refractivity contribution in [2.75, 3.05) is 5.75 Å². The number of rotatable bonds is 4. The van der Waals surface area contributed by atoms with E-state index in [0.717, 1.165) is 24.2 Å². The fraction of sp³-hybridized carbons (Fsp3) is 0.357. The topological polar surface area (TPSA) is 65.2 Å². The summed E-state index contributed by atoms with van der Waals surface area (Å²) in [6.07, 6.45) is 1.94. The molecule has 0 N–H and O–H groups in total. The molecule has 0 bridgehead atoms. The summed E-state index contributed by atoms with van der Waals surface area (Å²) in [7, 11) is 0. The summed E-state index contributed by atoms with van der Waals surface area (Å²) >= 11 is 7.46. The third-order valence-corrected chi connectivity index (χ3v) is 4.70. The lowest BCUT2D eigenvalue weighted by Gasteiger charge is -2.06. The third-order valence-electron chi connectivity index (χ3n) is 3.09. The van der Waals surface area contributed by atoms with E-state index < -0.39 is 0 Å². The van der Waals surface area contributed by atoms with Crippen LogP contribution in [0, 0.1) is 0 Å². The summed E-state index contributed by atoms with van der Waals surface area (Å²) in [5, 5.41) is 8.40. The van der Waals surface area contributed by atoms with Gasteiger partial charge in [-0.3, -0.25) is 4.79 Å². The average molecular weight is 325 g/mol. The van der Waals surface area contributed by atoms with Crippen molar-refractivity contribution >= 4 is 29.3 Å². The largest absolute Gasteiger partial charge is 0.455 e. The van der Waals surface area contributed by atoms with Crippen molar-refractivity contribution in [1.82, 2.24) is 10.2 Å². The lowest BCUT2D eigenvalue weighted by atomic mass is 10.2. The molecule has 21 heavy (non-hydrogen) atoms. The van der Waals surface area contributed by atoms with Crippen LogP contribution in [0.15, 0.2) is 28.7 Å². The van der Waals surface area contributed by atoms with Gasteiger partial charge in [0.15, 0.2) is 6.61 Å². The van der Waals surface area contributed by atoms with Crippen molar-refractivity contribution < 1.29 is 13.9 Å². The van der Waals surface area contributed by atoms with Crippen LogP contribution >= 0.6 is 23.4 Å². The molecule has 5 nitrogen and oxygen atoms in total. The van der Waals surface area contributed by atoms with Gasteiger partial charge in [0.05, 0.1) is 0 Å². The molecule has 1 saturated heterocycles. The second-order valence-electron chi connectivity index (χ2n) is 4.62. The Labute approximate surface area is 131 Å². The van der Waals surface area contributed by atoms with Gasteiger partial charge in [-0.25, -0.2) is 0 Å². The maximum absolute atomic E-state index is 11.8. The fourth-order valence-electron chi connectivity index (χ4n) is 2.01. The Morgan fingerprint density at radius 1 is 1.38 bits per heavy atom. The zero-order valence-corrected chi connectivity index (χ0v) is 12.7. The van der Waals surface area contributed by atoms with Crippen molar-refractivity contribution in [2.24, 2.45) is 0 Å². The van der Waals surface area contributed by atoms with Crippen LogP contribution in [-0.2, 0) is 16.1 Å². The Balaban J connectivity index is 1.60. The molecule has 0 radical (unpaired) electrons. The number of esters is 1. The van der Waals surface area contributed by atoms with E-state index in [1.165, 1.54) is 0 Å². The molecule has 1 aliphatic rings. The quantitative estimate of drug-likeness (QED) is 0.804.